The van der Waals surface area contributed by atoms with E-state index in [-0.39, 0.29) is 64.1 Å². The third-order valence-corrected chi connectivity index (χ3v) is 10.1. The van der Waals surface area contributed by atoms with Crippen molar-refractivity contribution < 1.29 is 42.3 Å². The Morgan fingerprint density at radius 2 is 1.88 bits per heavy atom. The summed E-state index contributed by atoms with van der Waals surface area (Å²) in [5, 5.41) is 23.6. The summed E-state index contributed by atoms with van der Waals surface area (Å²) in [6, 6.07) is 10.7. The van der Waals surface area contributed by atoms with E-state index in [1.165, 1.54) is 55.8 Å². The number of rotatable bonds is 11. The molecule has 2 aliphatic rings. The van der Waals surface area contributed by atoms with Crippen LogP contribution in [0.2, 0.25) is 10.0 Å². The van der Waals surface area contributed by atoms with E-state index in [1.54, 1.807) is 11.8 Å². The second-order valence-corrected chi connectivity index (χ2v) is 14.9. The van der Waals surface area contributed by atoms with Crippen molar-refractivity contribution in [2.45, 2.75) is 64.1 Å². The second-order valence-electron chi connectivity index (χ2n) is 14.1. The molecule has 10 nitrogen and oxygen atoms in total. The van der Waals surface area contributed by atoms with Gasteiger partial charge in [0.05, 0.1) is 59.0 Å². The maximum atomic E-state index is 16.4. The third-order valence-electron chi connectivity index (χ3n) is 9.56. The van der Waals surface area contributed by atoms with Crippen LogP contribution in [-0.4, -0.2) is 60.2 Å². The van der Waals surface area contributed by atoms with Gasteiger partial charge < -0.3 is 19.9 Å². The van der Waals surface area contributed by atoms with Crippen LogP contribution in [0, 0.1) is 40.3 Å². The number of carboxylic acids is 1. The minimum atomic E-state index is -1.99. The van der Waals surface area contributed by atoms with Crippen molar-refractivity contribution in [2.24, 2.45) is 17.3 Å². The largest absolute Gasteiger partial charge is 0.495 e. The fourth-order valence-corrected chi connectivity index (χ4v) is 7.63. The number of ether oxygens (including phenoxy) is 2. The fraction of sp³-hybridized carbons (Fsp3) is 0.432. The average molecular weight is 745 g/mol. The number of aromatic nitrogens is 1. The number of likely N-dealkylation sites (tertiary alicyclic amines) is 1. The fourth-order valence-electron chi connectivity index (χ4n) is 7.30. The Kier molecular flexibility index (Phi) is 11.0. The number of halogens is 4. The highest BCUT2D eigenvalue weighted by Gasteiger charge is 2.71. The molecule has 1 saturated heterocycles. The van der Waals surface area contributed by atoms with Crippen molar-refractivity contribution in [2.75, 3.05) is 25.6 Å². The van der Waals surface area contributed by atoms with E-state index >= 15 is 8.78 Å². The number of carboxylic acid groups (broad SMARTS) is 1. The lowest BCUT2D eigenvalue weighted by Crippen LogP contribution is -2.66. The molecule has 6 atom stereocenters. The predicted molar refractivity (Wildman–Crippen MR) is 185 cm³/mol. The maximum Gasteiger partial charge on any atom is 0.362 e. The zero-order valence-electron chi connectivity index (χ0n) is 28.8. The molecule has 2 N–H and O–H groups in total. The van der Waals surface area contributed by atoms with Gasteiger partial charge in [0, 0.05) is 18.2 Å². The van der Waals surface area contributed by atoms with Gasteiger partial charge in [-0.05, 0) is 55.4 Å². The summed E-state index contributed by atoms with van der Waals surface area (Å²) in [7, 11) is 1.31. The molecule has 3 aromatic rings. The lowest BCUT2D eigenvalue weighted by Gasteiger charge is -2.35. The van der Waals surface area contributed by atoms with Gasteiger partial charge in [0.2, 0.25) is 5.91 Å². The van der Waals surface area contributed by atoms with Crippen molar-refractivity contribution in [3.63, 3.8) is 0 Å². The number of esters is 1. The first-order valence-electron chi connectivity index (χ1n) is 16.4. The summed E-state index contributed by atoms with van der Waals surface area (Å²) in [6.45, 7) is 7.81. The van der Waals surface area contributed by atoms with Gasteiger partial charge in [0.1, 0.15) is 23.7 Å². The van der Waals surface area contributed by atoms with Crippen LogP contribution in [0.1, 0.15) is 62.4 Å². The first-order chi connectivity index (χ1) is 24.1. The Labute approximate surface area is 304 Å². The number of benzene rings is 2. The number of anilines is 1. The molecule has 2 heterocycles. The second kappa shape index (κ2) is 14.7. The van der Waals surface area contributed by atoms with Crippen molar-refractivity contribution in [1.82, 2.24) is 4.90 Å². The van der Waals surface area contributed by atoms with Gasteiger partial charge in [-0.2, -0.15) is 9.83 Å². The predicted octanol–water partition coefficient (Wildman–Crippen LogP) is 6.60. The van der Waals surface area contributed by atoms with Gasteiger partial charge >= 0.3 is 17.9 Å². The summed E-state index contributed by atoms with van der Waals surface area (Å²) < 4.78 is 44.5. The molecule has 51 heavy (non-hydrogen) atoms. The molecular weight excluding hydrogens is 705 g/mol. The van der Waals surface area contributed by atoms with Crippen molar-refractivity contribution in [3.8, 4) is 11.8 Å². The molecule has 2 aromatic carbocycles. The number of hydrogen-bond donors (Lipinski definition) is 2. The van der Waals surface area contributed by atoms with Crippen molar-refractivity contribution >= 4 is 46.7 Å². The minimum Gasteiger partial charge on any atom is -0.495 e. The lowest BCUT2D eigenvalue weighted by molar-refractivity contribution is -0.778. The van der Waals surface area contributed by atoms with Crippen LogP contribution in [0.4, 0.5) is 14.5 Å². The van der Waals surface area contributed by atoms with Crippen LogP contribution in [0.3, 0.4) is 0 Å². The van der Waals surface area contributed by atoms with Crippen LogP contribution < -0.4 is 14.6 Å². The summed E-state index contributed by atoms with van der Waals surface area (Å²) in [5.74, 6) is -6.18. The highest BCUT2D eigenvalue weighted by molar-refractivity contribution is 6.31. The molecule has 0 radical (unpaired) electrons. The van der Waals surface area contributed by atoms with Crippen molar-refractivity contribution in [1.29, 1.82) is 5.26 Å². The number of carbonyl (C=O) groups excluding carboxylic acids is 2. The molecule has 0 spiro atoms. The van der Waals surface area contributed by atoms with E-state index < -0.39 is 58.5 Å². The number of methoxy groups -OCH3 is 1. The number of carbonyl (C=O) groups is 3. The topological polar surface area (TPSA) is 133 Å². The monoisotopic (exact) mass is 743 g/mol. The van der Waals surface area contributed by atoms with Crippen LogP contribution in [0.25, 0.3) is 0 Å². The molecule has 1 saturated carbocycles. The van der Waals surface area contributed by atoms with Gasteiger partial charge in [-0.1, -0.05) is 56.1 Å². The molecule has 1 amide bonds. The van der Waals surface area contributed by atoms with Crippen LogP contribution in [0.15, 0.2) is 54.7 Å². The quantitative estimate of drug-likeness (QED) is 0.128. The molecule has 2 fully saturated rings. The zero-order chi connectivity index (χ0) is 37.4. The Balaban J connectivity index is 1.79. The first kappa shape index (κ1) is 37.9. The van der Waals surface area contributed by atoms with Gasteiger partial charge in [0.25, 0.3) is 5.54 Å². The lowest BCUT2D eigenvalue weighted by atomic mass is 9.71. The smallest absolute Gasteiger partial charge is 0.362 e. The summed E-state index contributed by atoms with van der Waals surface area (Å²) in [6.07, 6.45) is 2.00. The minimum absolute atomic E-state index is 0.0405. The molecule has 270 valence electrons. The molecule has 1 aromatic heterocycles. The summed E-state index contributed by atoms with van der Waals surface area (Å²) in [4.78, 5) is 41.1. The molecule has 5 rings (SSSR count). The van der Waals surface area contributed by atoms with E-state index in [9.17, 15) is 24.8 Å². The Hall–Kier alpha value is -4.31. The van der Waals surface area contributed by atoms with Crippen molar-refractivity contribution in [3.05, 3.63) is 87.7 Å². The van der Waals surface area contributed by atoms with E-state index in [0.717, 1.165) is 10.6 Å². The SMILES string of the molecule is CCOC(=O)C1CC1CN1C(C(=O)Nc2ccc(C(=O)O)cc2OC)C(c2cccc(Cl)c2F)C(C#N)([n+]2ccc(Cl)cc2F)C1CC(C)(C)C. The molecule has 6 unspecified atom stereocenters. The normalized spacial score (nSPS) is 24.4. The Bertz CT molecular complexity index is 1900. The number of nitrogens with one attached hydrogen (secondary N) is 1. The number of nitrogens with zero attached hydrogens (tertiary/aromatic N) is 3. The molecular formula is C37H39Cl2F2N4O6+. The maximum absolute atomic E-state index is 16.4. The van der Waals surface area contributed by atoms with Gasteiger partial charge in [0.15, 0.2) is 6.20 Å². The average Bonchev–Trinajstić information content (AvgIpc) is 3.79. The van der Waals surface area contributed by atoms with Gasteiger partial charge in [-0.15, -0.1) is 4.39 Å². The number of nitriles is 1. The number of pyridine rings is 1. The number of aromatic carboxylic acids is 1. The van der Waals surface area contributed by atoms with E-state index in [1.807, 2.05) is 20.8 Å². The zero-order valence-corrected chi connectivity index (χ0v) is 30.3. The van der Waals surface area contributed by atoms with E-state index in [2.05, 4.69) is 11.4 Å². The Morgan fingerprint density at radius 3 is 2.49 bits per heavy atom. The van der Waals surface area contributed by atoms with Crippen LogP contribution in [0.5, 0.6) is 5.75 Å². The van der Waals surface area contributed by atoms with Gasteiger partial charge in [-0.25, -0.2) is 9.18 Å². The van der Waals surface area contributed by atoms with E-state index in [0.29, 0.717) is 6.42 Å². The van der Waals surface area contributed by atoms with Gasteiger partial charge in [-0.3, -0.25) is 14.5 Å². The Morgan fingerprint density at radius 1 is 1.16 bits per heavy atom. The third kappa shape index (κ3) is 7.38. The summed E-state index contributed by atoms with van der Waals surface area (Å²) >= 11 is 12.5. The number of hydrogen-bond acceptors (Lipinski definition) is 7. The van der Waals surface area contributed by atoms with Crippen LogP contribution in [-0.2, 0) is 19.9 Å². The molecule has 0 bridgehead atoms. The molecule has 1 aliphatic carbocycles. The molecule has 14 heteroatoms. The first-order valence-corrected chi connectivity index (χ1v) is 17.2. The van der Waals surface area contributed by atoms with Crippen LogP contribution >= 0.6 is 23.2 Å². The highest BCUT2D eigenvalue weighted by Crippen LogP contribution is 2.54. The molecule has 1 aliphatic heterocycles. The standard InChI is InChI=1S/C37H38Cl2F2N4O6/c1-6-51-35(49)24-14-21(24)18-44-28(17-36(2,3)4)37(19-42,45-13-12-22(38)16-29(45)40)30(23-8-7-9-25(39)31(23)41)32(44)33(46)43-26-11-10-20(34(47)48)15-27(26)50-5/h7-13,15-16,21,24,28,30,32H,6,14,17-18H2,1-5H3,(H-,43,46,47,48)/p+1. The highest BCUT2D eigenvalue weighted by atomic mass is 35.5. The summed E-state index contributed by atoms with van der Waals surface area (Å²) in [5.41, 5.74) is -2.58. The van der Waals surface area contributed by atoms with E-state index in [4.69, 9.17) is 32.7 Å². The number of amides is 1.